The van der Waals surface area contributed by atoms with E-state index in [-0.39, 0.29) is 12.2 Å². The van der Waals surface area contributed by atoms with Crippen LogP contribution in [0.5, 0.6) is 0 Å². The molecule has 0 heterocycles. The smallest absolute Gasteiger partial charge is 0.460 e. The SMILES string of the molecule is O=C(O)CCCCCCCSCCC(F)(F)C(F)(F)C(F)(F)C(F)(F)F. The molecule has 0 aliphatic carbocycles. The molecule has 26 heavy (non-hydrogen) atoms. The van der Waals surface area contributed by atoms with E-state index in [1.54, 1.807) is 0 Å². The number of rotatable bonds is 13. The highest BCUT2D eigenvalue weighted by atomic mass is 32.2. The van der Waals surface area contributed by atoms with Gasteiger partial charge in [-0.15, -0.1) is 0 Å². The summed E-state index contributed by atoms with van der Waals surface area (Å²) in [7, 11) is 0. The molecule has 0 atom stereocenters. The van der Waals surface area contributed by atoms with Crippen molar-refractivity contribution in [1.82, 2.24) is 0 Å². The summed E-state index contributed by atoms with van der Waals surface area (Å²) in [5.41, 5.74) is 0. The topological polar surface area (TPSA) is 37.3 Å². The summed E-state index contributed by atoms with van der Waals surface area (Å²) in [6, 6.07) is 0. The zero-order valence-electron chi connectivity index (χ0n) is 13.5. The third-order valence-electron chi connectivity index (χ3n) is 3.45. The summed E-state index contributed by atoms with van der Waals surface area (Å²) < 4.78 is 113. The molecule has 156 valence electrons. The van der Waals surface area contributed by atoms with Gasteiger partial charge in [0.05, 0.1) is 0 Å². The third kappa shape index (κ3) is 7.07. The Bertz CT molecular complexity index is 439. The molecule has 0 spiro atoms. The molecule has 0 aromatic heterocycles. The number of thioether (sulfide) groups is 1. The van der Waals surface area contributed by atoms with Gasteiger partial charge in [-0.25, -0.2) is 0 Å². The average molecular weight is 422 g/mol. The average Bonchev–Trinajstić information content (AvgIpc) is 2.47. The van der Waals surface area contributed by atoms with Gasteiger partial charge in [0.2, 0.25) is 0 Å². The van der Waals surface area contributed by atoms with Gasteiger partial charge in [0.1, 0.15) is 0 Å². The minimum Gasteiger partial charge on any atom is -0.481 e. The molecule has 12 heteroatoms. The maximum atomic E-state index is 13.2. The second-order valence-corrected chi connectivity index (χ2v) is 6.85. The molecular weight excluding hydrogens is 403 g/mol. The molecule has 0 saturated heterocycles. The van der Waals surface area contributed by atoms with Crippen LogP contribution < -0.4 is 0 Å². The van der Waals surface area contributed by atoms with Crippen LogP contribution in [0.25, 0.3) is 0 Å². The lowest BCUT2D eigenvalue weighted by molar-refractivity contribution is -0.396. The molecule has 0 fully saturated rings. The van der Waals surface area contributed by atoms with Crippen LogP contribution in [0.2, 0.25) is 0 Å². The van der Waals surface area contributed by atoms with Gasteiger partial charge >= 0.3 is 29.9 Å². The van der Waals surface area contributed by atoms with Crippen LogP contribution in [-0.4, -0.2) is 46.5 Å². The van der Waals surface area contributed by atoms with Crippen molar-refractivity contribution >= 4 is 17.7 Å². The van der Waals surface area contributed by atoms with Crippen LogP contribution >= 0.6 is 11.8 Å². The third-order valence-corrected chi connectivity index (χ3v) is 4.52. The second-order valence-electron chi connectivity index (χ2n) is 5.62. The Morgan fingerprint density at radius 1 is 0.731 bits per heavy atom. The number of carbonyl (C=O) groups is 1. The van der Waals surface area contributed by atoms with Crippen molar-refractivity contribution in [2.24, 2.45) is 0 Å². The molecule has 0 aliphatic heterocycles. The first-order valence-corrected chi connectivity index (χ1v) is 8.82. The zero-order valence-corrected chi connectivity index (χ0v) is 14.3. The summed E-state index contributed by atoms with van der Waals surface area (Å²) in [5.74, 6) is -20.2. The van der Waals surface area contributed by atoms with Crippen LogP contribution in [0.15, 0.2) is 0 Å². The van der Waals surface area contributed by atoms with Gasteiger partial charge in [0, 0.05) is 12.8 Å². The van der Waals surface area contributed by atoms with Crippen molar-refractivity contribution in [3.8, 4) is 0 Å². The van der Waals surface area contributed by atoms with Crippen molar-refractivity contribution in [2.45, 2.75) is 68.9 Å². The predicted octanol–water partition coefficient (Wildman–Crippen LogP) is 6.00. The fourth-order valence-electron chi connectivity index (χ4n) is 1.88. The van der Waals surface area contributed by atoms with E-state index in [1.807, 2.05) is 0 Å². The first-order chi connectivity index (χ1) is 11.7. The van der Waals surface area contributed by atoms with Crippen molar-refractivity contribution in [3.63, 3.8) is 0 Å². The molecule has 0 radical (unpaired) electrons. The fourth-order valence-corrected chi connectivity index (χ4v) is 2.89. The maximum Gasteiger partial charge on any atom is 0.460 e. The normalized spacial score (nSPS) is 13.9. The molecule has 0 unspecified atom stereocenters. The Balaban J connectivity index is 4.16. The maximum absolute atomic E-state index is 13.2. The summed E-state index contributed by atoms with van der Waals surface area (Å²) in [5, 5.41) is 8.40. The Kier molecular flexibility index (Phi) is 9.62. The van der Waals surface area contributed by atoms with Gasteiger partial charge in [-0.2, -0.15) is 51.3 Å². The number of carboxylic acids is 1. The van der Waals surface area contributed by atoms with Gasteiger partial charge in [-0.1, -0.05) is 19.3 Å². The Labute approximate surface area is 148 Å². The minimum atomic E-state index is -6.83. The number of carboxylic acid groups (broad SMARTS) is 1. The Hall–Kier alpha value is -0.810. The molecule has 0 aliphatic rings. The van der Waals surface area contributed by atoms with Crippen molar-refractivity contribution in [2.75, 3.05) is 11.5 Å². The highest BCUT2D eigenvalue weighted by Gasteiger charge is 2.81. The lowest BCUT2D eigenvalue weighted by Crippen LogP contribution is -2.60. The highest BCUT2D eigenvalue weighted by molar-refractivity contribution is 7.99. The van der Waals surface area contributed by atoms with E-state index in [1.165, 1.54) is 0 Å². The molecular formula is C14H19F9O2S. The minimum absolute atomic E-state index is 0.0284. The molecule has 2 nitrogen and oxygen atoms in total. The van der Waals surface area contributed by atoms with Gasteiger partial charge < -0.3 is 5.11 Å². The van der Waals surface area contributed by atoms with E-state index >= 15 is 0 Å². The largest absolute Gasteiger partial charge is 0.481 e. The number of hydrogen-bond acceptors (Lipinski definition) is 2. The van der Waals surface area contributed by atoms with E-state index < -0.39 is 42.1 Å². The van der Waals surface area contributed by atoms with Crippen molar-refractivity contribution in [1.29, 1.82) is 0 Å². The standard InChI is InChI=1S/C14H19F9O2S/c15-11(16,12(17,18)13(19,20)14(21,22)23)7-9-26-8-5-3-1-2-4-6-10(24)25/h1-9H2,(H,24,25). The van der Waals surface area contributed by atoms with E-state index in [0.717, 1.165) is 11.8 Å². The monoisotopic (exact) mass is 422 g/mol. The van der Waals surface area contributed by atoms with Crippen molar-refractivity contribution < 1.29 is 49.4 Å². The van der Waals surface area contributed by atoms with Gasteiger partial charge in [-0.05, 0) is 24.3 Å². The summed E-state index contributed by atoms with van der Waals surface area (Å²) in [6.07, 6.45) is -5.63. The predicted molar refractivity (Wildman–Crippen MR) is 78.2 cm³/mol. The Morgan fingerprint density at radius 3 is 1.73 bits per heavy atom. The molecule has 1 N–H and O–H groups in total. The van der Waals surface area contributed by atoms with E-state index in [2.05, 4.69) is 0 Å². The summed E-state index contributed by atoms with van der Waals surface area (Å²) in [6.45, 7) is 0. The first-order valence-electron chi connectivity index (χ1n) is 7.66. The number of hydrogen-bond donors (Lipinski definition) is 1. The number of aliphatic carboxylic acids is 1. The lowest BCUT2D eigenvalue weighted by Gasteiger charge is -2.33. The van der Waals surface area contributed by atoms with E-state index in [0.29, 0.717) is 32.1 Å². The summed E-state index contributed by atoms with van der Waals surface area (Å²) >= 11 is 0.749. The van der Waals surface area contributed by atoms with Gasteiger partial charge in [0.15, 0.2) is 0 Å². The second kappa shape index (κ2) is 9.93. The summed E-state index contributed by atoms with van der Waals surface area (Å²) in [4.78, 5) is 10.2. The van der Waals surface area contributed by atoms with Gasteiger partial charge in [-0.3, -0.25) is 4.79 Å². The highest BCUT2D eigenvalue weighted by Crippen LogP contribution is 2.54. The number of alkyl halides is 9. The molecule has 0 bridgehead atoms. The van der Waals surface area contributed by atoms with Crippen LogP contribution in [0.1, 0.15) is 44.9 Å². The van der Waals surface area contributed by atoms with Crippen molar-refractivity contribution in [3.05, 3.63) is 0 Å². The quantitative estimate of drug-likeness (QED) is 0.292. The van der Waals surface area contributed by atoms with Crippen LogP contribution in [0.4, 0.5) is 39.5 Å². The van der Waals surface area contributed by atoms with E-state index in [4.69, 9.17) is 5.11 Å². The molecule has 0 rings (SSSR count). The zero-order chi connectivity index (χ0) is 20.6. The molecule has 0 saturated carbocycles. The lowest BCUT2D eigenvalue weighted by atomic mass is 10.0. The van der Waals surface area contributed by atoms with Crippen LogP contribution in [-0.2, 0) is 4.79 Å². The number of unbranched alkanes of at least 4 members (excludes halogenated alkanes) is 4. The van der Waals surface area contributed by atoms with Crippen LogP contribution in [0.3, 0.4) is 0 Å². The molecule has 0 aromatic rings. The number of halogens is 9. The first kappa shape index (κ1) is 25.2. The Morgan fingerprint density at radius 2 is 1.23 bits per heavy atom. The molecule has 0 aromatic carbocycles. The van der Waals surface area contributed by atoms with Gasteiger partial charge in [0.25, 0.3) is 0 Å². The van der Waals surface area contributed by atoms with Crippen LogP contribution in [0, 0.1) is 0 Å². The van der Waals surface area contributed by atoms with E-state index in [9.17, 15) is 44.3 Å². The molecule has 0 amide bonds. The fraction of sp³-hybridized carbons (Fsp3) is 0.929.